The van der Waals surface area contributed by atoms with Crippen LogP contribution >= 0.6 is 49.1 Å². The molecule has 0 aromatic heterocycles. The molecule has 6 heteroatoms. The van der Waals surface area contributed by atoms with Crippen molar-refractivity contribution in [1.29, 1.82) is 0 Å². The Balaban J connectivity index is 0.00000128. The summed E-state index contributed by atoms with van der Waals surface area (Å²) in [5.41, 5.74) is 8.59. The highest BCUT2D eigenvalue weighted by Crippen LogP contribution is 2.31. The van der Waals surface area contributed by atoms with E-state index in [0.717, 1.165) is 16.8 Å². The Morgan fingerprint density at radius 3 is 2.65 bits per heavy atom. The van der Waals surface area contributed by atoms with Crippen LogP contribution in [0.25, 0.3) is 6.08 Å². The van der Waals surface area contributed by atoms with E-state index in [-0.39, 0.29) is 37.4 Å². The average Bonchev–Trinajstić information content (AvgIpc) is 2.17. The second-order valence-corrected chi connectivity index (χ2v) is 4.54. The summed E-state index contributed by atoms with van der Waals surface area (Å²) in [6.45, 7) is 1.92. The quantitative estimate of drug-likeness (QED) is 0.614. The zero-order valence-electron chi connectivity index (χ0n) is 9.21. The SMILES string of the molecule is C[C@H](N)C1=Cc2cc(Cl)ccc2NC1Cl.Cl.S. The lowest BCUT2D eigenvalue weighted by atomic mass is 10.0. The molecule has 0 saturated heterocycles. The number of fused-ring (bicyclic) bond motifs is 1. The van der Waals surface area contributed by atoms with Gasteiger partial charge in [0, 0.05) is 16.8 Å². The highest BCUT2D eigenvalue weighted by molar-refractivity contribution is 7.59. The lowest BCUT2D eigenvalue weighted by Gasteiger charge is -2.26. The fraction of sp³-hybridized carbons (Fsp3) is 0.273. The van der Waals surface area contributed by atoms with E-state index < -0.39 is 0 Å². The first-order chi connectivity index (χ1) is 7.08. The molecule has 96 valence electrons. The van der Waals surface area contributed by atoms with Crippen LogP contribution in [0.3, 0.4) is 0 Å². The molecule has 0 spiro atoms. The largest absolute Gasteiger partial charge is 0.365 e. The topological polar surface area (TPSA) is 38.0 Å². The van der Waals surface area contributed by atoms with Gasteiger partial charge in [-0.2, -0.15) is 13.5 Å². The van der Waals surface area contributed by atoms with Gasteiger partial charge in [-0.05, 0) is 42.3 Å². The fourth-order valence-electron chi connectivity index (χ4n) is 1.62. The van der Waals surface area contributed by atoms with Gasteiger partial charge in [0.05, 0.1) is 0 Å². The van der Waals surface area contributed by atoms with Gasteiger partial charge < -0.3 is 11.1 Å². The summed E-state index contributed by atoms with van der Waals surface area (Å²) in [6.07, 6.45) is 2.00. The van der Waals surface area contributed by atoms with E-state index in [2.05, 4.69) is 5.32 Å². The molecule has 17 heavy (non-hydrogen) atoms. The maximum absolute atomic E-state index is 6.15. The molecular formula is C11H15Cl3N2S. The molecule has 2 rings (SSSR count). The summed E-state index contributed by atoms with van der Waals surface area (Å²) in [5.74, 6) is 0. The van der Waals surface area contributed by atoms with Gasteiger partial charge in [-0.15, -0.1) is 12.4 Å². The minimum Gasteiger partial charge on any atom is -0.365 e. The van der Waals surface area contributed by atoms with Crippen LogP contribution in [-0.4, -0.2) is 11.5 Å². The number of benzene rings is 1. The number of halogens is 3. The smallest absolute Gasteiger partial charge is 0.125 e. The van der Waals surface area contributed by atoms with Crippen molar-refractivity contribution in [2.24, 2.45) is 5.73 Å². The van der Waals surface area contributed by atoms with Gasteiger partial charge in [0.2, 0.25) is 0 Å². The lowest BCUT2D eigenvalue weighted by molar-refractivity contribution is 0.825. The summed E-state index contributed by atoms with van der Waals surface area (Å²) in [7, 11) is 0. The first kappa shape index (κ1) is 16.9. The van der Waals surface area contributed by atoms with E-state index >= 15 is 0 Å². The molecule has 2 atom stereocenters. The van der Waals surface area contributed by atoms with Gasteiger partial charge in [0.15, 0.2) is 0 Å². The highest BCUT2D eigenvalue weighted by Gasteiger charge is 2.20. The van der Waals surface area contributed by atoms with Crippen LogP contribution in [0.2, 0.25) is 5.02 Å². The molecule has 1 unspecified atom stereocenters. The molecule has 0 radical (unpaired) electrons. The molecule has 0 bridgehead atoms. The fourth-order valence-corrected chi connectivity index (χ4v) is 2.18. The molecule has 0 fully saturated rings. The maximum Gasteiger partial charge on any atom is 0.125 e. The molecule has 3 N–H and O–H groups in total. The second-order valence-electron chi connectivity index (χ2n) is 3.67. The molecule has 2 nitrogen and oxygen atoms in total. The van der Waals surface area contributed by atoms with Gasteiger partial charge in [0.1, 0.15) is 5.50 Å². The van der Waals surface area contributed by atoms with E-state index in [0.29, 0.717) is 5.02 Å². The Hall–Kier alpha value is -0.0600. The average molecular weight is 314 g/mol. The van der Waals surface area contributed by atoms with Crippen LogP contribution in [0.4, 0.5) is 5.69 Å². The summed E-state index contributed by atoms with van der Waals surface area (Å²) in [6, 6.07) is 5.59. The van der Waals surface area contributed by atoms with Crippen LogP contribution in [-0.2, 0) is 0 Å². The van der Waals surface area contributed by atoms with E-state index in [9.17, 15) is 0 Å². The highest BCUT2D eigenvalue weighted by atomic mass is 35.5. The van der Waals surface area contributed by atoms with Crippen molar-refractivity contribution in [3.05, 3.63) is 34.4 Å². The second kappa shape index (κ2) is 6.76. The molecule has 1 heterocycles. The van der Waals surface area contributed by atoms with Crippen LogP contribution in [0.15, 0.2) is 23.8 Å². The molecular weight excluding hydrogens is 299 g/mol. The number of nitrogens with one attached hydrogen (secondary N) is 1. The van der Waals surface area contributed by atoms with Crippen LogP contribution in [0.1, 0.15) is 12.5 Å². The number of anilines is 1. The number of nitrogens with two attached hydrogens (primary N) is 1. The first-order valence-corrected chi connectivity index (χ1v) is 5.56. The van der Waals surface area contributed by atoms with Gasteiger partial charge >= 0.3 is 0 Å². The van der Waals surface area contributed by atoms with Gasteiger partial charge in [0.25, 0.3) is 0 Å². The van der Waals surface area contributed by atoms with Crippen molar-refractivity contribution >= 4 is 60.9 Å². The van der Waals surface area contributed by atoms with Crippen molar-refractivity contribution < 1.29 is 0 Å². The van der Waals surface area contributed by atoms with Gasteiger partial charge in [-0.25, -0.2) is 0 Å². The molecule has 0 saturated carbocycles. The third-order valence-electron chi connectivity index (χ3n) is 2.44. The standard InChI is InChI=1S/C11H12Cl2N2.ClH.H2S/c1-6(14)9-5-7-4-8(12)2-3-10(7)15-11(9)13;;/h2-6,11,15H,14H2,1H3;1H;1H2/t6-,11?;;/m0../s1. The molecule has 0 amide bonds. The minimum absolute atomic E-state index is 0. The van der Waals surface area contributed by atoms with Crippen LogP contribution in [0, 0.1) is 0 Å². The Morgan fingerprint density at radius 1 is 1.41 bits per heavy atom. The summed E-state index contributed by atoms with van der Waals surface area (Å²) in [4.78, 5) is 0. The molecule has 0 aliphatic carbocycles. The predicted molar refractivity (Wildman–Crippen MR) is 84.0 cm³/mol. The van der Waals surface area contributed by atoms with E-state index in [4.69, 9.17) is 28.9 Å². The maximum atomic E-state index is 6.15. The number of rotatable bonds is 1. The van der Waals surface area contributed by atoms with Crippen LogP contribution in [0.5, 0.6) is 0 Å². The summed E-state index contributed by atoms with van der Waals surface area (Å²) >= 11 is 12.1. The van der Waals surface area contributed by atoms with E-state index in [1.165, 1.54) is 0 Å². The van der Waals surface area contributed by atoms with Crippen molar-refractivity contribution in [3.63, 3.8) is 0 Å². The minimum atomic E-state index is -0.237. The van der Waals surface area contributed by atoms with E-state index in [1.807, 2.05) is 31.2 Å². The zero-order valence-corrected chi connectivity index (χ0v) is 12.5. The Morgan fingerprint density at radius 2 is 2.06 bits per heavy atom. The number of hydrogen-bond donors (Lipinski definition) is 2. The third-order valence-corrected chi connectivity index (χ3v) is 3.03. The Labute approximate surface area is 124 Å². The van der Waals surface area contributed by atoms with Crippen LogP contribution < -0.4 is 11.1 Å². The molecule has 1 aromatic carbocycles. The monoisotopic (exact) mass is 312 g/mol. The number of alkyl halides is 1. The van der Waals surface area contributed by atoms with Gasteiger partial charge in [-0.3, -0.25) is 0 Å². The summed E-state index contributed by atoms with van der Waals surface area (Å²) < 4.78 is 0. The zero-order chi connectivity index (χ0) is 11.0. The number of hydrogen-bond acceptors (Lipinski definition) is 2. The lowest BCUT2D eigenvalue weighted by Crippen LogP contribution is -2.30. The van der Waals surface area contributed by atoms with Crippen molar-refractivity contribution in [3.8, 4) is 0 Å². The Kier molecular flexibility index (Phi) is 6.74. The third kappa shape index (κ3) is 3.70. The van der Waals surface area contributed by atoms with Crippen molar-refractivity contribution in [2.45, 2.75) is 18.5 Å². The molecule has 1 aromatic rings. The van der Waals surface area contributed by atoms with Gasteiger partial charge in [-0.1, -0.05) is 23.2 Å². The van der Waals surface area contributed by atoms with Crippen molar-refractivity contribution in [1.82, 2.24) is 0 Å². The first-order valence-electron chi connectivity index (χ1n) is 4.75. The van der Waals surface area contributed by atoms with Crippen molar-refractivity contribution in [2.75, 3.05) is 5.32 Å². The predicted octanol–water partition coefficient (Wildman–Crippen LogP) is 3.60. The molecule has 1 aliphatic rings. The normalized spacial score (nSPS) is 18.8. The summed E-state index contributed by atoms with van der Waals surface area (Å²) in [5, 5.41) is 3.89. The Bertz CT molecular complexity index is 421. The van der Waals surface area contributed by atoms with E-state index in [1.54, 1.807) is 0 Å². The molecule has 1 aliphatic heterocycles.